The number of carbonyl (C=O) groups is 1. The molecule has 9 heteroatoms. The number of aryl methyl sites for hydroxylation is 1. The first-order valence-corrected chi connectivity index (χ1v) is 7.35. The van der Waals surface area contributed by atoms with Gasteiger partial charge in [0, 0.05) is 6.20 Å². The fraction of sp³-hybridized carbons (Fsp3) is 0.357. The molecule has 0 saturated carbocycles. The maximum Gasteiger partial charge on any atom is 0.411 e. The number of rotatable bonds is 5. The number of thiazole rings is 1. The molecule has 1 amide bonds. The Labute approximate surface area is 134 Å². The summed E-state index contributed by atoms with van der Waals surface area (Å²) in [6.45, 7) is 1.55. The van der Waals surface area contributed by atoms with Crippen molar-refractivity contribution in [3.05, 3.63) is 29.7 Å². The molecule has 2 aromatic rings. The van der Waals surface area contributed by atoms with Crippen LogP contribution in [-0.4, -0.2) is 29.2 Å². The molecule has 0 aliphatic rings. The minimum Gasteiger partial charge on any atom is -0.381 e. The number of halogens is 3. The Kier molecular flexibility index (Phi) is 4.88. The van der Waals surface area contributed by atoms with Crippen LogP contribution in [0.3, 0.4) is 0 Å². The van der Waals surface area contributed by atoms with E-state index in [1.807, 2.05) is 0 Å². The van der Waals surface area contributed by atoms with Gasteiger partial charge in [0.25, 0.3) is 11.6 Å². The summed E-state index contributed by atoms with van der Waals surface area (Å²) in [7, 11) is 0. The maximum absolute atomic E-state index is 13.2. The molecule has 1 unspecified atom stereocenters. The SMILES string of the molecule is Cc1nc(OC(N)=O)sc1-c1ccnc(C(C)(CF)C(F)F)c1. The highest BCUT2D eigenvalue weighted by Crippen LogP contribution is 2.37. The minimum atomic E-state index is -2.90. The van der Waals surface area contributed by atoms with Gasteiger partial charge in [-0.3, -0.25) is 4.98 Å². The second kappa shape index (κ2) is 6.53. The fourth-order valence-electron chi connectivity index (χ4n) is 1.89. The van der Waals surface area contributed by atoms with Gasteiger partial charge < -0.3 is 10.5 Å². The van der Waals surface area contributed by atoms with E-state index in [0.29, 0.717) is 16.1 Å². The normalized spacial score (nSPS) is 13.8. The van der Waals surface area contributed by atoms with Gasteiger partial charge in [0.2, 0.25) is 0 Å². The molecule has 0 spiro atoms. The van der Waals surface area contributed by atoms with Crippen LogP contribution >= 0.6 is 11.3 Å². The van der Waals surface area contributed by atoms with Crippen molar-refractivity contribution in [2.75, 3.05) is 6.67 Å². The third kappa shape index (κ3) is 3.44. The minimum absolute atomic E-state index is 0.0467. The molecule has 0 radical (unpaired) electrons. The lowest BCUT2D eigenvalue weighted by molar-refractivity contribution is 0.0415. The monoisotopic (exact) mass is 345 g/mol. The average Bonchev–Trinajstić information content (AvgIpc) is 2.86. The zero-order valence-electron chi connectivity index (χ0n) is 12.3. The molecule has 0 bridgehead atoms. The summed E-state index contributed by atoms with van der Waals surface area (Å²) in [6, 6.07) is 2.97. The van der Waals surface area contributed by atoms with E-state index in [2.05, 4.69) is 9.97 Å². The Bertz CT molecular complexity index is 723. The van der Waals surface area contributed by atoms with E-state index >= 15 is 0 Å². The second-order valence-corrected chi connectivity index (χ2v) is 6.06. The van der Waals surface area contributed by atoms with E-state index in [4.69, 9.17) is 10.5 Å². The molecule has 0 aliphatic heterocycles. The van der Waals surface area contributed by atoms with Crippen molar-refractivity contribution in [2.24, 2.45) is 5.73 Å². The van der Waals surface area contributed by atoms with Crippen molar-refractivity contribution in [2.45, 2.75) is 25.7 Å². The van der Waals surface area contributed by atoms with Crippen LogP contribution in [0.2, 0.25) is 0 Å². The van der Waals surface area contributed by atoms with Crippen LogP contribution in [-0.2, 0) is 5.41 Å². The molecule has 1 atom stereocenters. The molecule has 2 rings (SSSR count). The number of nitrogens with zero attached hydrogens (tertiary/aromatic N) is 2. The summed E-state index contributed by atoms with van der Waals surface area (Å²) >= 11 is 1.03. The number of hydrogen-bond acceptors (Lipinski definition) is 5. The predicted molar refractivity (Wildman–Crippen MR) is 79.6 cm³/mol. The van der Waals surface area contributed by atoms with Crippen LogP contribution in [0.25, 0.3) is 10.4 Å². The molecule has 124 valence electrons. The van der Waals surface area contributed by atoms with E-state index < -0.39 is 24.6 Å². The number of ether oxygens (including phenoxy) is 1. The van der Waals surface area contributed by atoms with Crippen LogP contribution in [0.5, 0.6) is 5.19 Å². The number of carbonyl (C=O) groups excluding carboxylic acids is 1. The molecular formula is C14H14F3N3O2S. The van der Waals surface area contributed by atoms with E-state index in [1.54, 1.807) is 13.0 Å². The van der Waals surface area contributed by atoms with Crippen molar-refractivity contribution in [1.29, 1.82) is 0 Å². The smallest absolute Gasteiger partial charge is 0.381 e. The van der Waals surface area contributed by atoms with Crippen molar-refractivity contribution in [3.63, 3.8) is 0 Å². The summed E-state index contributed by atoms with van der Waals surface area (Å²) < 4.78 is 44.2. The Balaban J connectivity index is 2.44. The average molecular weight is 345 g/mol. The van der Waals surface area contributed by atoms with Crippen molar-refractivity contribution < 1.29 is 22.7 Å². The molecule has 2 N–H and O–H groups in total. The lowest BCUT2D eigenvalue weighted by Gasteiger charge is -2.24. The predicted octanol–water partition coefficient (Wildman–Crippen LogP) is 3.46. The highest BCUT2D eigenvalue weighted by atomic mass is 32.1. The zero-order valence-corrected chi connectivity index (χ0v) is 13.2. The Morgan fingerprint density at radius 2 is 2.22 bits per heavy atom. The molecule has 0 saturated heterocycles. The Morgan fingerprint density at radius 1 is 1.52 bits per heavy atom. The third-order valence-corrected chi connectivity index (χ3v) is 4.42. The first-order chi connectivity index (χ1) is 10.8. The van der Waals surface area contributed by atoms with Gasteiger partial charge in [0.1, 0.15) is 6.67 Å². The first kappa shape index (κ1) is 17.2. The van der Waals surface area contributed by atoms with E-state index in [9.17, 15) is 18.0 Å². The van der Waals surface area contributed by atoms with Crippen molar-refractivity contribution in [1.82, 2.24) is 9.97 Å². The summed E-state index contributed by atoms with van der Waals surface area (Å²) in [5.41, 5.74) is 3.94. The number of nitrogens with two attached hydrogens (primary N) is 1. The molecule has 5 nitrogen and oxygen atoms in total. The molecule has 2 heterocycles. The standard InChI is InChI=1S/C14H14F3N3O2S/c1-7-10(23-13(20-7)22-12(18)21)8-3-4-19-9(5-8)14(2,6-15)11(16)17/h3-5,11H,6H2,1-2H3,(H2,18,21). The lowest BCUT2D eigenvalue weighted by atomic mass is 9.87. The largest absolute Gasteiger partial charge is 0.411 e. The second-order valence-electron chi connectivity index (χ2n) is 5.10. The zero-order chi connectivity index (χ0) is 17.2. The molecule has 2 aromatic heterocycles. The molecule has 0 aromatic carbocycles. The van der Waals surface area contributed by atoms with Crippen LogP contribution in [0, 0.1) is 6.92 Å². The highest BCUT2D eigenvalue weighted by molar-refractivity contribution is 7.17. The Morgan fingerprint density at radius 3 is 2.78 bits per heavy atom. The van der Waals surface area contributed by atoms with Gasteiger partial charge in [-0.05, 0) is 31.5 Å². The van der Waals surface area contributed by atoms with Gasteiger partial charge in [-0.1, -0.05) is 11.3 Å². The van der Waals surface area contributed by atoms with Crippen molar-refractivity contribution >= 4 is 17.4 Å². The number of pyridine rings is 1. The summed E-state index contributed by atoms with van der Waals surface area (Å²) in [5, 5.41) is 0.0467. The number of hydrogen-bond donors (Lipinski definition) is 1. The topological polar surface area (TPSA) is 78.1 Å². The van der Waals surface area contributed by atoms with Gasteiger partial charge in [-0.25, -0.2) is 22.9 Å². The summed E-state index contributed by atoms with van der Waals surface area (Å²) in [6.07, 6.45) is -2.57. The fourth-order valence-corrected chi connectivity index (χ4v) is 2.81. The first-order valence-electron chi connectivity index (χ1n) is 6.53. The number of primary amides is 1. The van der Waals surface area contributed by atoms with Gasteiger partial charge in [-0.2, -0.15) is 0 Å². The summed E-state index contributed by atoms with van der Waals surface area (Å²) in [5.74, 6) is 0. The van der Waals surface area contributed by atoms with Crippen LogP contribution in [0.15, 0.2) is 18.3 Å². The van der Waals surface area contributed by atoms with E-state index in [1.165, 1.54) is 12.3 Å². The molecule has 0 aliphatic carbocycles. The van der Waals surface area contributed by atoms with Crippen molar-refractivity contribution in [3.8, 4) is 15.6 Å². The van der Waals surface area contributed by atoms with Gasteiger partial charge in [0.15, 0.2) is 0 Å². The van der Waals surface area contributed by atoms with Gasteiger partial charge in [0.05, 0.1) is 21.7 Å². The third-order valence-electron chi connectivity index (χ3n) is 3.33. The number of alkyl halides is 3. The Hall–Kier alpha value is -2.16. The van der Waals surface area contributed by atoms with Gasteiger partial charge in [-0.15, -0.1) is 0 Å². The van der Waals surface area contributed by atoms with E-state index in [-0.39, 0.29) is 10.9 Å². The van der Waals surface area contributed by atoms with E-state index in [0.717, 1.165) is 18.3 Å². The van der Waals surface area contributed by atoms with Crippen LogP contribution < -0.4 is 10.5 Å². The molecule has 0 fully saturated rings. The molecule has 23 heavy (non-hydrogen) atoms. The van der Waals surface area contributed by atoms with Crippen LogP contribution in [0.4, 0.5) is 18.0 Å². The molecular weight excluding hydrogens is 331 g/mol. The number of aromatic nitrogens is 2. The highest BCUT2D eigenvalue weighted by Gasteiger charge is 2.39. The number of amides is 1. The quantitative estimate of drug-likeness (QED) is 0.900. The maximum atomic E-state index is 13.2. The summed E-state index contributed by atoms with van der Waals surface area (Å²) in [4.78, 5) is 19.3. The van der Waals surface area contributed by atoms with Crippen LogP contribution in [0.1, 0.15) is 18.3 Å². The lowest BCUT2D eigenvalue weighted by Crippen LogP contribution is -2.34. The van der Waals surface area contributed by atoms with Gasteiger partial charge >= 0.3 is 6.09 Å².